The van der Waals surface area contributed by atoms with Crippen molar-refractivity contribution in [2.75, 3.05) is 12.3 Å². The van der Waals surface area contributed by atoms with E-state index in [1.54, 1.807) is 0 Å². The first-order chi connectivity index (χ1) is 11.3. The van der Waals surface area contributed by atoms with Crippen molar-refractivity contribution in [3.05, 3.63) is 22.4 Å². The third kappa shape index (κ3) is 2.26. The van der Waals surface area contributed by atoms with Gasteiger partial charge in [-0.1, -0.05) is 5.92 Å². The van der Waals surface area contributed by atoms with Gasteiger partial charge in [0.25, 0.3) is 5.56 Å². The van der Waals surface area contributed by atoms with Gasteiger partial charge in [-0.05, 0) is 11.6 Å². The first-order valence-corrected chi connectivity index (χ1v) is 7.13. The number of H-pyrrole nitrogens is 1. The Morgan fingerprint density at radius 1 is 1.62 bits per heavy atom. The summed E-state index contributed by atoms with van der Waals surface area (Å²) in [4.78, 5) is 17.9. The second-order valence-electron chi connectivity index (χ2n) is 5.34. The minimum Gasteiger partial charge on any atom is -0.394 e. The lowest BCUT2D eigenvalue weighted by molar-refractivity contribution is -0.0446. The van der Waals surface area contributed by atoms with E-state index in [2.05, 4.69) is 21.3 Å². The molecule has 0 saturated carbocycles. The van der Waals surface area contributed by atoms with Gasteiger partial charge in [-0.25, -0.2) is 4.39 Å². The van der Waals surface area contributed by atoms with Crippen LogP contribution < -0.4 is 17.0 Å². The summed E-state index contributed by atoms with van der Waals surface area (Å²) in [5, 5.41) is 21.3. The maximum Gasteiger partial charge on any atom is 0.264 e. The molecule has 2 aromatic rings. The number of fused-ring (bicyclic) bond motifs is 1. The van der Waals surface area contributed by atoms with Crippen LogP contribution in [0.25, 0.3) is 11.0 Å². The molecular formula is C13H13ClFN5O4. The average molecular weight is 358 g/mol. The largest absolute Gasteiger partial charge is 0.394 e. The molecule has 9 nitrogen and oxygen atoms in total. The highest BCUT2D eigenvalue weighted by Gasteiger charge is 2.54. The third-order valence-corrected chi connectivity index (χ3v) is 4.00. The molecule has 128 valence electrons. The zero-order chi connectivity index (χ0) is 17.6. The zero-order valence-electron chi connectivity index (χ0n) is 12.0. The Hall–Kier alpha value is -2.16. The Labute approximate surface area is 139 Å². The van der Waals surface area contributed by atoms with Gasteiger partial charge >= 0.3 is 0 Å². The molecule has 4 atom stereocenters. The lowest BCUT2D eigenvalue weighted by Gasteiger charge is -2.27. The molecule has 1 saturated heterocycles. The van der Waals surface area contributed by atoms with E-state index >= 15 is 0 Å². The summed E-state index contributed by atoms with van der Waals surface area (Å²) in [6.07, 6.45) is -2.84. The van der Waals surface area contributed by atoms with E-state index in [0.717, 1.165) is 10.8 Å². The maximum absolute atomic E-state index is 14.2. The van der Waals surface area contributed by atoms with Crippen LogP contribution in [0.3, 0.4) is 0 Å². The van der Waals surface area contributed by atoms with Gasteiger partial charge in [-0.15, -0.1) is 0 Å². The number of ether oxygens (including phenoxy) is 1. The first-order valence-electron chi connectivity index (χ1n) is 6.75. The number of halogens is 2. The number of rotatable bonds is 2. The SMILES string of the molecule is Nc1nc2c(c(F)cn2[C@@H]2O[C@H](CO)C(O)C2(N)C#CCl)c(=O)[nH]1. The van der Waals surface area contributed by atoms with Gasteiger partial charge in [0.05, 0.1) is 6.61 Å². The molecule has 0 aliphatic carbocycles. The van der Waals surface area contributed by atoms with Crippen molar-refractivity contribution in [1.82, 2.24) is 14.5 Å². The van der Waals surface area contributed by atoms with E-state index in [1.165, 1.54) is 0 Å². The molecule has 24 heavy (non-hydrogen) atoms. The molecule has 0 amide bonds. The van der Waals surface area contributed by atoms with E-state index in [1.807, 2.05) is 0 Å². The number of hydrogen-bond donors (Lipinski definition) is 5. The van der Waals surface area contributed by atoms with Gasteiger partial charge in [0.1, 0.15) is 17.6 Å². The molecule has 11 heteroatoms. The highest BCUT2D eigenvalue weighted by Crippen LogP contribution is 2.38. The van der Waals surface area contributed by atoms with Crippen molar-refractivity contribution in [2.45, 2.75) is 24.0 Å². The number of aliphatic hydroxyl groups excluding tert-OH is 2. The van der Waals surface area contributed by atoms with Crippen molar-refractivity contribution in [3.8, 4) is 11.3 Å². The fraction of sp³-hybridized carbons (Fsp3) is 0.385. The van der Waals surface area contributed by atoms with Crippen LogP contribution in [-0.4, -0.2) is 49.1 Å². The molecule has 7 N–H and O–H groups in total. The molecule has 0 bridgehead atoms. The summed E-state index contributed by atoms with van der Waals surface area (Å²) < 4.78 is 20.8. The second-order valence-corrected chi connectivity index (χ2v) is 5.53. The molecule has 1 aliphatic heterocycles. The molecule has 2 aromatic heterocycles. The zero-order valence-corrected chi connectivity index (χ0v) is 12.8. The summed E-state index contributed by atoms with van der Waals surface area (Å²) in [5.41, 5.74) is 8.90. The molecule has 3 rings (SSSR count). The second kappa shape index (κ2) is 5.73. The average Bonchev–Trinajstić information content (AvgIpc) is 2.96. The summed E-state index contributed by atoms with van der Waals surface area (Å²) in [5.74, 6) is 1.28. The van der Waals surface area contributed by atoms with Gasteiger partial charge in [-0.2, -0.15) is 4.98 Å². The van der Waals surface area contributed by atoms with Crippen LogP contribution in [-0.2, 0) is 4.74 Å². The smallest absolute Gasteiger partial charge is 0.264 e. The summed E-state index contributed by atoms with van der Waals surface area (Å²) in [6.45, 7) is -0.557. The van der Waals surface area contributed by atoms with E-state index in [-0.39, 0.29) is 17.0 Å². The van der Waals surface area contributed by atoms with Gasteiger partial charge in [0.15, 0.2) is 23.2 Å². The lowest BCUT2D eigenvalue weighted by atomic mass is 9.92. The summed E-state index contributed by atoms with van der Waals surface area (Å²) >= 11 is 5.41. The van der Waals surface area contributed by atoms with E-state index in [9.17, 15) is 19.4 Å². The molecular weight excluding hydrogens is 345 g/mol. The van der Waals surface area contributed by atoms with Crippen molar-refractivity contribution >= 4 is 28.6 Å². The monoisotopic (exact) mass is 357 g/mol. The van der Waals surface area contributed by atoms with Crippen LogP contribution in [0.5, 0.6) is 0 Å². The number of nitrogens with one attached hydrogen (secondary N) is 1. The van der Waals surface area contributed by atoms with Gasteiger partial charge in [-0.3, -0.25) is 14.3 Å². The van der Waals surface area contributed by atoms with Crippen LogP contribution in [0.15, 0.2) is 11.0 Å². The van der Waals surface area contributed by atoms with Crippen molar-refractivity contribution in [3.63, 3.8) is 0 Å². The number of anilines is 1. The predicted molar refractivity (Wildman–Crippen MR) is 82.3 cm³/mol. The van der Waals surface area contributed by atoms with Gasteiger partial charge < -0.3 is 26.4 Å². The van der Waals surface area contributed by atoms with Crippen LogP contribution in [0.4, 0.5) is 10.3 Å². The van der Waals surface area contributed by atoms with Crippen LogP contribution >= 0.6 is 11.6 Å². The van der Waals surface area contributed by atoms with E-state index in [4.69, 9.17) is 27.8 Å². The van der Waals surface area contributed by atoms with E-state index in [0.29, 0.717) is 0 Å². The fourth-order valence-corrected chi connectivity index (χ4v) is 2.93. The van der Waals surface area contributed by atoms with Crippen LogP contribution in [0.1, 0.15) is 6.23 Å². The highest BCUT2D eigenvalue weighted by atomic mass is 35.5. The molecule has 0 spiro atoms. The summed E-state index contributed by atoms with van der Waals surface area (Å²) in [6, 6.07) is 0. The Morgan fingerprint density at radius 3 is 2.96 bits per heavy atom. The Morgan fingerprint density at radius 2 is 2.33 bits per heavy atom. The number of nitrogen functional groups attached to an aromatic ring is 1. The number of aromatic amines is 1. The number of nitrogens with two attached hydrogens (primary N) is 2. The number of hydrogen-bond acceptors (Lipinski definition) is 7. The standard InChI is InChI=1S/C13H13ClFN5O4/c14-2-1-13(17)8(22)6(4-21)24-11(13)20-3-5(15)7-9(20)18-12(16)19-10(7)23/h3,6,8,11,21-22H,4,17H2,(H3,16,18,19,23)/t6-,8?,11-,13?/m1/s1. The number of nitrogens with zero attached hydrogens (tertiary/aromatic N) is 2. The topological polar surface area (TPSA) is 152 Å². The molecule has 2 unspecified atom stereocenters. The summed E-state index contributed by atoms with van der Waals surface area (Å²) in [7, 11) is 0. The molecule has 0 aromatic carbocycles. The molecule has 1 aliphatic rings. The number of aromatic nitrogens is 3. The Bertz CT molecular complexity index is 919. The fourth-order valence-electron chi connectivity index (χ4n) is 2.77. The predicted octanol–water partition coefficient (Wildman–Crippen LogP) is -1.41. The maximum atomic E-state index is 14.2. The minimum atomic E-state index is -1.77. The molecule has 3 heterocycles. The van der Waals surface area contributed by atoms with Gasteiger partial charge in [0.2, 0.25) is 5.95 Å². The van der Waals surface area contributed by atoms with Crippen molar-refractivity contribution in [2.24, 2.45) is 5.73 Å². The Balaban J connectivity index is 2.26. The lowest BCUT2D eigenvalue weighted by Crippen LogP contribution is -2.53. The quantitative estimate of drug-likeness (QED) is 0.414. The van der Waals surface area contributed by atoms with Crippen molar-refractivity contribution < 1.29 is 19.3 Å². The number of aliphatic hydroxyl groups is 2. The van der Waals surface area contributed by atoms with Gasteiger partial charge in [0, 0.05) is 11.6 Å². The molecule has 0 radical (unpaired) electrons. The third-order valence-electron chi connectivity index (χ3n) is 3.90. The minimum absolute atomic E-state index is 0.143. The Kier molecular flexibility index (Phi) is 3.98. The normalized spacial score (nSPS) is 29.6. The van der Waals surface area contributed by atoms with Crippen molar-refractivity contribution in [1.29, 1.82) is 0 Å². The first kappa shape index (κ1) is 16.7. The molecule has 1 fully saturated rings. The van der Waals surface area contributed by atoms with E-state index < -0.39 is 42.0 Å². The van der Waals surface area contributed by atoms with Crippen LogP contribution in [0, 0.1) is 17.1 Å². The van der Waals surface area contributed by atoms with Crippen LogP contribution in [0.2, 0.25) is 0 Å². The highest BCUT2D eigenvalue weighted by molar-refractivity contribution is 6.30.